The molecule has 0 bridgehead atoms. The van der Waals surface area contributed by atoms with E-state index in [1.54, 1.807) is 0 Å². The second kappa shape index (κ2) is 3.74. The molecule has 0 saturated carbocycles. The molecule has 1 fully saturated rings. The molecule has 1 heterocycles. The minimum atomic E-state index is 0.388. The van der Waals surface area contributed by atoms with Crippen LogP contribution in [0, 0.1) is 5.41 Å². The molecule has 1 aromatic carbocycles. The van der Waals surface area contributed by atoms with Crippen LogP contribution in [0.5, 0.6) is 0 Å². The maximum absolute atomic E-state index is 3.63. The van der Waals surface area contributed by atoms with Gasteiger partial charge in [-0.05, 0) is 30.4 Å². The monoisotopic (exact) mass is 189 g/mol. The molecule has 0 aliphatic carbocycles. The van der Waals surface area contributed by atoms with E-state index in [4.69, 9.17) is 0 Å². The second-order valence-electron chi connectivity index (χ2n) is 4.89. The van der Waals surface area contributed by atoms with Gasteiger partial charge in [-0.15, -0.1) is 0 Å². The van der Waals surface area contributed by atoms with E-state index in [1.807, 2.05) is 0 Å². The van der Waals surface area contributed by atoms with Gasteiger partial charge < -0.3 is 5.32 Å². The van der Waals surface area contributed by atoms with E-state index in [9.17, 15) is 0 Å². The van der Waals surface area contributed by atoms with Crippen molar-refractivity contribution in [2.75, 3.05) is 6.54 Å². The van der Waals surface area contributed by atoms with E-state index in [2.05, 4.69) is 49.5 Å². The molecule has 1 aromatic rings. The molecular formula is C13H19N. The van der Waals surface area contributed by atoms with E-state index in [1.165, 1.54) is 18.4 Å². The van der Waals surface area contributed by atoms with Crippen LogP contribution in [0.15, 0.2) is 30.3 Å². The number of hydrogen-bond donors (Lipinski definition) is 1. The van der Waals surface area contributed by atoms with Crippen LogP contribution in [-0.4, -0.2) is 6.54 Å². The van der Waals surface area contributed by atoms with Crippen molar-refractivity contribution in [2.24, 2.45) is 5.41 Å². The zero-order valence-electron chi connectivity index (χ0n) is 9.09. The van der Waals surface area contributed by atoms with E-state index >= 15 is 0 Å². The quantitative estimate of drug-likeness (QED) is 0.715. The van der Waals surface area contributed by atoms with Gasteiger partial charge >= 0.3 is 0 Å². The number of hydrogen-bond acceptors (Lipinski definition) is 1. The first kappa shape index (κ1) is 9.72. The van der Waals surface area contributed by atoms with Crippen molar-refractivity contribution in [1.82, 2.24) is 5.32 Å². The van der Waals surface area contributed by atoms with Crippen LogP contribution in [0.2, 0.25) is 0 Å². The average Bonchev–Trinajstić information content (AvgIpc) is 2.18. The molecule has 0 amide bonds. The number of rotatable bonds is 1. The Bertz CT molecular complexity index is 289. The molecule has 0 aromatic heterocycles. The fraction of sp³-hybridized carbons (Fsp3) is 0.538. The first-order valence-corrected chi connectivity index (χ1v) is 5.48. The molecule has 1 N–H and O–H groups in total. The van der Waals surface area contributed by atoms with Gasteiger partial charge in [0.15, 0.2) is 0 Å². The summed E-state index contributed by atoms with van der Waals surface area (Å²) in [5.74, 6) is 0. The Balaban J connectivity index is 2.24. The van der Waals surface area contributed by atoms with Crippen LogP contribution >= 0.6 is 0 Å². The number of piperidine rings is 1. The van der Waals surface area contributed by atoms with Crippen molar-refractivity contribution in [3.8, 4) is 0 Å². The molecule has 1 heteroatoms. The Kier molecular flexibility index (Phi) is 2.60. The first-order chi connectivity index (χ1) is 6.70. The van der Waals surface area contributed by atoms with Crippen LogP contribution < -0.4 is 5.32 Å². The Morgan fingerprint density at radius 2 is 1.93 bits per heavy atom. The molecule has 0 radical (unpaired) electrons. The molecule has 1 aliphatic heterocycles. The van der Waals surface area contributed by atoms with Gasteiger partial charge in [0.1, 0.15) is 0 Å². The molecule has 2 rings (SSSR count). The lowest BCUT2D eigenvalue weighted by atomic mass is 9.75. The molecule has 1 aliphatic rings. The number of nitrogens with one attached hydrogen (secondary N) is 1. The molecule has 0 spiro atoms. The zero-order valence-corrected chi connectivity index (χ0v) is 9.09. The highest BCUT2D eigenvalue weighted by Crippen LogP contribution is 2.39. The fourth-order valence-corrected chi connectivity index (χ4v) is 2.43. The van der Waals surface area contributed by atoms with Gasteiger partial charge in [-0.3, -0.25) is 0 Å². The van der Waals surface area contributed by atoms with Gasteiger partial charge in [-0.25, -0.2) is 0 Å². The molecule has 1 nitrogen and oxygen atoms in total. The predicted octanol–water partition coefficient (Wildman–Crippen LogP) is 3.14. The summed E-state index contributed by atoms with van der Waals surface area (Å²) in [4.78, 5) is 0. The molecular weight excluding hydrogens is 170 g/mol. The SMILES string of the molecule is CC1(C)CCCNC1c1ccccc1. The lowest BCUT2D eigenvalue weighted by Crippen LogP contribution is -2.39. The summed E-state index contributed by atoms with van der Waals surface area (Å²) in [5, 5.41) is 3.63. The van der Waals surface area contributed by atoms with Crippen molar-refractivity contribution >= 4 is 0 Å². The van der Waals surface area contributed by atoms with Crippen LogP contribution in [0.3, 0.4) is 0 Å². The van der Waals surface area contributed by atoms with Crippen LogP contribution in [0.4, 0.5) is 0 Å². The molecule has 14 heavy (non-hydrogen) atoms. The molecule has 1 saturated heterocycles. The summed E-state index contributed by atoms with van der Waals surface area (Å²) < 4.78 is 0. The smallest absolute Gasteiger partial charge is 0.0371 e. The van der Waals surface area contributed by atoms with Gasteiger partial charge in [-0.1, -0.05) is 44.2 Å². The van der Waals surface area contributed by atoms with Crippen molar-refractivity contribution in [1.29, 1.82) is 0 Å². The van der Waals surface area contributed by atoms with E-state index in [0.29, 0.717) is 11.5 Å². The minimum absolute atomic E-state index is 0.388. The fourth-order valence-electron chi connectivity index (χ4n) is 2.43. The van der Waals surface area contributed by atoms with Gasteiger partial charge in [0.2, 0.25) is 0 Å². The third kappa shape index (κ3) is 1.83. The zero-order chi connectivity index (χ0) is 10.0. The normalized spacial score (nSPS) is 26.0. The summed E-state index contributed by atoms with van der Waals surface area (Å²) in [6, 6.07) is 11.3. The summed E-state index contributed by atoms with van der Waals surface area (Å²) in [6.07, 6.45) is 2.62. The van der Waals surface area contributed by atoms with Crippen LogP contribution in [-0.2, 0) is 0 Å². The molecule has 76 valence electrons. The Hall–Kier alpha value is -0.820. The lowest BCUT2D eigenvalue weighted by molar-refractivity contribution is 0.181. The van der Waals surface area contributed by atoms with Gasteiger partial charge in [0.25, 0.3) is 0 Å². The Labute approximate surface area is 86.5 Å². The summed E-state index contributed by atoms with van der Waals surface area (Å²) in [6.45, 7) is 5.87. The van der Waals surface area contributed by atoms with Gasteiger partial charge in [0, 0.05) is 6.04 Å². The summed E-state index contributed by atoms with van der Waals surface area (Å²) in [7, 11) is 0. The first-order valence-electron chi connectivity index (χ1n) is 5.48. The third-order valence-electron chi connectivity index (χ3n) is 3.26. The van der Waals surface area contributed by atoms with Gasteiger partial charge in [0.05, 0.1) is 0 Å². The maximum Gasteiger partial charge on any atom is 0.0371 e. The molecule has 1 unspecified atom stereocenters. The average molecular weight is 189 g/mol. The van der Waals surface area contributed by atoms with E-state index in [-0.39, 0.29) is 0 Å². The van der Waals surface area contributed by atoms with Crippen molar-refractivity contribution < 1.29 is 0 Å². The molecule has 1 atom stereocenters. The maximum atomic E-state index is 3.63. The highest BCUT2D eigenvalue weighted by atomic mass is 14.9. The van der Waals surface area contributed by atoms with Crippen molar-refractivity contribution in [3.05, 3.63) is 35.9 Å². The largest absolute Gasteiger partial charge is 0.309 e. The Morgan fingerprint density at radius 1 is 1.21 bits per heavy atom. The van der Waals surface area contributed by atoms with Crippen molar-refractivity contribution in [3.63, 3.8) is 0 Å². The Morgan fingerprint density at radius 3 is 2.57 bits per heavy atom. The van der Waals surface area contributed by atoms with E-state index < -0.39 is 0 Å². The van der Waals surface area contributed by atoms with E-state index in [0.717, 1.165) is 6.54 Å². The standard InChI is InChI=1S/C13H19N/c1-13(2)9-6-10-14-12(13)11-7-4-3-5-8-11/h3-5,7-8,12,14H,6,9-10H2,1-2H3. The predicted molar refractivity (Wildman–Crippen MR) is 60.2 cm³/mol. The highest BCUT2D eigenvalue weighted by molar-refractivity contribution is 5.21. The summed E-state index contributed by atoms with van der Waals surface area (Å²) in [5.41, 5.74) is 1.82. The number of benzene rings is 1. The lowest BCUT2D eigenvalue weighted by Gasteiger charge is -2.39. The topological polar surface area (TPSA) is 12.0 Å². The van der Waals surface area contributed by atoms with Crippen molar-refractivity contribution in [2.45, 2.75) is 32.7 Å². The second-order valence-corrected chi connectivity index (χ2v) is 4.89. The van der Waals surface area contributed by atoms with Crippen LogP contribution in [0.25, 0.3) is 0 Å². The minimum Gasteiger partial charge on any atom is -0.309 e. The van der Waals surface area contributed by atoms with Crippen LogP contribution in [0.1, 0.15) is 38.3 Å². The third-order valence-corrected chi connectivity index (χ3v) is 3.26. The highest BCUT2D eigenvalue weighted by Gasteiger charge is 2.32. The summed E-state index contributed by atoms with van der Waals surface area (Å²) >= 11 is 0. The van der Waals surface area contributed by atoms with Gasteiger partial charge in [-0.2, -0.15) is 0 Å².